The van der Waals surface area contributed by atoms with E-state index in [4.69, 9.17) is 0 Å². The van der Waals surface area contributed by atoms with Crippen molar-refractivity contribution in [1.82, 2.24) is 0 Å². The lowest BCUT2D eigenvalue weighted by molar-refractivity contribution is 0.308. The Morgan fingerprint density at radius 1 is 0.774 bits per heavy atom. The molecule has 1 fully saturated rings. The van der Waals surface area contributed by atoms with Gasteiger partial charge < -0.3 is 0 Å². The van der Waals surface area contributed by atoms with Crippen molar-refractivity contribution in [3.05, 3.63) is 71.0 Å². The number of aryl methyl sites for hydroxylation is 1. The van der Waals surface area contributed by atoms with Gasteiger partial charge in [-0.2, -0.15) is 0 Å². The SMILES string of the molecule is CCCc1ccc2cc(-c3ccc(C4CCC(CCC)CC4)cc3)c(F)c(F)c2c1F. The fourth-order valence-electron chi connectivity index (χ4n) is 5.22. The van der Waals surface area contributed by atoms with E-state index in [1.54, 1.807) is 18.2 Å². The molecule has 0 heterocycles. The molecule has 1 aliphatic rings. The van der Waals surface area contributed by atoms with E-state index in [2.05, 4.69) is 6.92 Å². The van der Waals surface area contributed by atoms with Crippen LogP contribution in [0.15, 0.2) is 42.5 Å². The van der Waals surface area contributed by atoms with E-state index in [1.165, 1.54) is 44.1 Å². The highest BCUT2D eigenvalue weighted by Crippen LogP contribution is 2.39. The number of halogens is 3. The van der Waals surface area contributed by atoms with Gasteiger partial charge in [-0.15, -0.1) is 0 Å². The Morgan fingerprint density at radius 2 is 1.48 bits per heavy atom. The van der Waals surface area contributed by atoms with Crippen molar-refractivity contribution in [3.63, 3.8) is 0 Å². The molecular formula is C28H31F3. The summed E-state index contributed by atoms with van der Waals surface area (Å²) in [6.45, 7) is 4.18. The molecular weight excluding hydrogens is 393 g/mol. The van der Waals surface area contributed by atoms with Crippen LogP contribution in [0.5, 0.6) is 0 Å². The van der Waals surface area contributed by atoms with Crippen molar-refractivity contribution in [2.24, 2.45) is 5.92 Å². The molecule has 0 saturated heterocycles. The highest BCUT2D eigenvalue weighted by atomic mass is 19.2. The zero-order chi connectivity index (χ0) is 22.0. The van der Waals surface area contributed by atoms with Gasteiger partial charge in [0.2, 0.25) is 0 Å². The quantitative estimate of drug-likeness (QED) is 0.370. The van der Waals surface area contributed by atoms with Gasteiger partial charge in [-0.25, -0.2) is 13.2 Å². The Balaban J connectivity index is 1.62. The molecule has 3 heteroatoms. The Morgan fingerprint density at radius 3 is 2.13 bits per heavy atom. The van der Waals surface area contributed by atoms with Crippen LogP contribution in [0.2, 0.25) is 0 Å². The summed E-state index contributed by atoms with van der Waals surface area (Å²) in [5.74, 6) is -1.31. The second-order valence-electron chi connectivity index (χ2n) is 9.07. The van der Waals surface area contributed by atoms with Gasteiger partial charge in [-0.3, -0.25) is 0 Å². The molecule has 0 radical (unpaired) electrons. The van der Waals surface area contributed by atoms with Crippen LogP contribution in [0.3, 0.4) is 0 Å². The lowest BCUT2D eigenvalue weighted by atomic mass is 9.77. The van der Waals surface area contributed by atoms with Crippen molar-refractivity contribution in [2.45, 2.75) is 71.1 Å². The van der Waals surface area contributed by atoms with Gasteiger partial charge in [-0.05, 0) is 72.1 Å². The molecule has 0 aliphatic heterocycles. The third-order valence-corrected chi connectivity index (χ3v) is 6.96. The van der Waals surface area contributed by atoms with E-state index in [0.717, 1.165) is 12.3 Å². The Labute approximate surface area is 183 Å². The summed E-state index contributed by atoms with van der Waals surface area (Å²) < 4.78 is 44.6. The molecule has 0 N–H and O–H groups in total. The minimum absolute atomic E-state index is 0.186. The highest BCUT2D eigenvalue weighted by molar-refractivity contribution is 5.89. The maximum atomic E-state index is 14.9. The van der Waals surface area contributed by atoms with Crippen molar-refractivity contribution in [2.75, 3.05) is 0 Å². The minimum Gasteiger partial charge on any atom is -0.206 e. The molecule has 0 spiro atoms. The Bertz CT molecular complexity index is 1040. The standard InChI is InChI=1S/C28H31F3/c1-3-5-18-7-9-19(10-8-18)20-11-13-21(14-12-20)24-17-23-16-15-22(6-4-2)26(29)25(23)28(31)27(24)30/h11-19H,3-10H2,1-2H3. The third kappa shape index (κ3) is 4.37. The van der Waals surface area contributed by atoms with Crippen LogP contribution >= 0.6 is 0 Å². The molecule has 4 rings (SSSR count). The van der Waals surface area contributed by atoms with Crippen molar-refractivity contribution in [1.29, 1.82) is 0 Å². The van der Waals surface area contributed by atoms with Gasteiger partial charge in [0.25, 0.3) is 0 Å². The molecule has 0 aromatic heterocycles. The van der Waals surface area contributed by atoms with E-state index in [0.29, 0.717) is 28.9 Å². The number of rotatable bonds is 6. The van der Waals surface area contributed by atoms with Crippen molar-refractivity contribution >= 4 is 10.8 Å². The fraction of sp³-hybridized carbons (Fsp3) is 0.429. The first kappa shape index (κ1) is 21.9. The molecule has 0 atom stereocenters. The first-order valence-electron chi connectivity index (χ1n) is 11.7. The summed E-state index contributed by atoms with van der Waals surface area (Å²) in [7, 11) is 0. The summed E-state index contributed by atoms with van der Waals surface area (Å²) in [6, 6.07) is 12.8. The van der Waals surface area contributed by atoms with E-state index in [1.807, 2.05) is 31.2 Å². The normalized spacial score (nSPS) is 19.1. The lowest BCUT2D eigenvalue weighted by Crippen LogP contribution is -2.13. The predicted octanol–water partition coefficient (Wildman–Crippen LogP) is 8.95. The summed E-state index contributed by atoms with van der Waals surface area (Å²) in [5, 5.41) is 0.150. The van der Waals surface area contributed by atoms with Gasteiger partial charge in [-0.1, -0.05) is 69.5 Å². The summed E-state index contributed by atoms with van der Waals surface area (Å²) in [5.41, 5.74) is 2.51. The number of benzene rings is 3. The molecule has 0 bridgehead atoms. The molecule has 1 aliphatic carbocycles. The number of hydrogen-bond donors (Lipinski definition) is 0. The van der Waals surface area contributed by atoms with Crippen LogP contribution in [-0.4, -0.2) is 0 Å². The smallest absolute Gasteiger partial charge is 0.170 e. The zero-order valence-corrected chi connectivity index (χ0v) is 18.5. The van der Waals surface area contributed by atoms with Crippen LogP contribution in [0.4, 0.5) is 13.2 Å². The van der Waals surface area contributed by atoms with E-state index in [9.17, 15) is 13.2 Å². The maximum Gasteiger partial charge on any atom is 0.170 e. The first-order chi connectivity index (χ1) is 15.0. The molecule has 0 nitrogen and oxygen atoms in total. The monoisotopic (exact) mass is 424 g/mol. The van der Waals surface area contributed by atoms with Crippen LogP contribution in [0, 0.1) is 23.4 Å². The van der Waals surface area contributed by atoms with Crippen LogP contribution in [-0.2, 0) is 6.42 Å². The Kier molecular flexibility index (Phi) is 6.69. The van der Waals surface area contributed by atoms with Gasteiger partial charge in [0, 0.05) is 5.56 Å². The summed E-state index contributed by atoms with van der Waals surface area (Å²) in [6.07, 6.45) is 8.77. The second-order valence-corrected chi connectivity index (χ2v) is 9.07. The Hall–Kier alpha value is -2.29. The maximum absolute atomic E-state index is 14.9. The molecule has 1 saturated carbocycles. The predicted molar refractivity (Wildman–Crippen MR) is 123 cm³/mol. The topological polar surface area (TPSA) is 0 Å². The lowest BCUT2D eigenvalue weighted by Gasteiger charge is -2.28. The molecule has 31 heavy (non-hydrogen) atoms. The van der Waals surface area contributed by atoms with E-state index < -0.39 is 17.5 Å². The van der Waals surface area contributed by atoms with Crippen LogP contribution in [0.1, 0.15) is 75.8 Å². The molecule has 0 unspecified atom stereocenters. The van der Waals surface area contributed by atoms with Gasteiger partial charge in [0.1, 0.15) is 5.82 Å². The second kappa shape index (κ2) is 9.46. The highest BCUT2D eigenvalue weighted by Gasteiger charge is 2.23. The van der Waals surface area contributed by atoms with Gasteiger partial charge >= 0.3 is 0 Å². The average molecular weight is 425 g/mol. The van der Waals surface area contributed by atoms with Crippen LogP contribution in [0.25, 0.3) is 21.9 Å². The van der Waals surface area contributed by atoms with Crippen LogP contribution < -0.4 is 0 Å². The fourth-order valence-corrected chi connectivity index (χ4v) is 5.22. The van der Waals surface area contributed by atoms with E-state index in [-0.39, 0.29) is 10.9 Å². The van der Waals surface area contributed by atoms with Gasteiger partial charge in [0.15, 0.2) is 11.6 Å². The molecule has 3 aromatic carbocycles. The summed E-state index contributed by atoms with van der Waals surface area (Å²) >= 11 is 0. The zero-order valence-electron chi connectivity index (χ0n) is 18.5. The van der Waals surface area contributed by atoms with E-state index >= 15 is 0 Å². The molecule has 0 amide bonds. The van der Waals surface area contributed by atoms with Crippen molar-refractivity contribution in [3.8, 4) is 11.1 Å². The molecule has 3 aromatic rings. The van der Waals surface area contributed by atoms with Gasteiger partial charge in [0.05, 0.1) is 5.39 Å². The number of hydrogen-bond acceptors (Lipinski definition) is 0. The molecule has 164 valence electrons. The minimum atomic E-state index is -1.10. The largest absolute Gasteiger partial charge is 0.206 e. The average Bonchev–Trinajstić information content (AvgIpc) is 2.79. The third-order valence-electron chi connectivity index (χ3n) is 6.96. The van der Waals surface area contributed by atoms with Crippen molar-refractivity contribution < 1.29 is 13.2 Å². The number of fused-ring (bicyclic) bond motifs is 1. The summed E-state index contributed by atoms with van der Waals surface area (Å²) in [4.78, 5) is 0. The first-order valence-corrected chi connectivity index (χ1v) is 11.7.